The van der Waals surface area contributed by atoms with Crippen LogP contribution in [0.2, 0.25) is 5.02 Å². The van der Waals surface area contributed by atoms with Gasteiger partial charge in [0, 0.05) is 17.8 Å². The van der Waals surface area contributed by atoms with E-state index in [-0.39, 0.29) is 22.2 Å². The summed E-state index contributed by atoms with van der Waals surface area (Å²) in [6.45, 7) is 0. The molecule has 4 rings (SSSR count). The van der Waals surface area contributed by atoms with Crippen LogP contribution in [0, 0.1) is 11.7 Å². The lowest BCUT2D eigenvalue weighted by molar-refractivity contribution is -0.137. The van der Waals surface area contributed by atoms with Crippen molar-refractivity contribution in [1.82, 2.24) is 10.3 Å². The zero-order valence-corrected chi connectivity index (χ0v) is 20.4. The van der Waals surface area contributed by atoms with Crippen LogP contribution in [0.1, 0.15) is 48.9 Å². The zero-order chi connectivity index (χ0) is 26.6. The van der Waals surface area contributed by atoms with Gasteiger partial charge in [-0.05, 0) is 60.9 Å². The minimum Gasteiger partial charge on any atom is -0.340 e. The Kier molecular flexibility index (Phi) is 7.82. The lowest BCUT2D eigenvalue weighted by Gasteiger charge is -2.36. The SMILES string of the molecule is O=C(C[C@@](NC(=O)C1CCCC1)(c1cc(F)cc(C(F)(F)F)c1)c1ccc(Cl)cn1)Nc1ccccc1. The van der Waals surface area contributed by atoms with E-state index < -0.39 is 41.3 Å². The quantitative estimate of drug-likeness (QED) is 0.342. The molecule has 1 fully saturated rings. The second kappa shape index (κ2) is 10.9. The zero-order valence-electron chi connectivity index (χ0n) is 19.6. The lowest BCUT2D eigenvalue weighted by atomic mass is 9.81. The fourth-order valence-corrected chi connectivity index (χ4v) is 4.73. The summed E-state index contributed by atoms with van der Waals surface area (Å²) >= 11 is 6.00. The number of aromatic nitrogens is 1. The third-order valence-electron chi connectivity index (χ3n) is 6.43. The summed E-state index contributed by atoms with van der Waals surface area (Å²) in [7, 11) is 0. The summed E-state index contributed by atoms with van der Waals surface area (Å²) in [6, 6.07) is 13.3. The van der Waals surface area contributed by atoms with Crippen molar-refractivity contribution in [2.75, 3.05) is 5.32 Å². The minimum absolute atomic E-state index is 0.0465. The molecule has 2 N–H and O–H groups in total. The third-order valence-corrected chi connectivity index (χ3v) is 6.65. The van der Waals surface area contributed by atoms with Crippen molar-refractivity contribution in [3.05, 3.63) is 94.5 Å². The molecular formula is C27H24ClF4N3O2. The maximum absolute atomic E-state index is 14.6. The highest BCUT2D eigenvalue weighted by Crippen LogP contribution is 2.39. The number of pyridine rings is 1. The maximum atomic E-state index is 14.6. The van der Waals surface area contributed by atoms with E-state index in [0.29, 0.717) is 24.6 Å². The van der Waals surface area contributed by atoms with Crippen molar-refractivity contribution in [2.24, 2.45) is 5.92 Å². The molecule has 10 heteroatoms. The Balaban J connectivity index is 1.87. The molecule has 0 unspecified atom stereocenters. The molecule has 37 heavy (non-hydrogen) atoms. The lowest BCUT2D eigenvalue weighted by Crippen LogP contribution is -2.51. The number of benzene rings is 2. The first kappa shape index (κ1) is 26.6. The highest BCUT2D eigenvalue weighted by atomic mass is 35.5. The van der Waals surface area contributed by atoms with Crippen LogP contribution in [0.4, 0.5) is 23.2 Å². The van der Waals surface area contributed by atoms with E-state index in [2.05, 4.69) is 15.6 Å². The normalized spacial score (nSPS) is 15.7. The summed E-state index contributed by atoms with van der Waals surface area (Å²) in [5.41, 5.74) is -2.93. The van der Waals surface area contributed by atoms with Gasteiger partial charge in [0.25, 0.3) is 0 Å². The number of anilines is 1. The van der Waals surface area contributed by atoms with Gasteiger partial charge < -0.3 is 10.6 Å². The number of amides is 2. The monoisotopic (exact) mass is 533 g/mol. The van der Waals surface area contributed by atoms with Crippen LogP contribution >= 0.6 is 11.6 Å². The van der Waals surface area contributed by atoms with Crippen LogP contribution in [0.15, 0.2) is 66.9 Å². The van der Waals surface area contributed by atoms with E-state index in [1.807, 2.05) is 0 Å². The van der Waals surface area contributed by atoms with Gasteiger partial charge in [0.2, 0.25) is 11.8 Å². The molecule has 1 heterocycles. The maximum Gasteiger partial charge on any atom is 0.416 e. The fourth-order valence-electron chi connectivity index (χ4n) is 4.62. The summed E-state index contributed by atoms with van der Waals surface area (Å²) in [4.78, 5) is 30.9. The molecule has 0 radical (unpaired) electrons. The predicted octanol–water partition coefficient (Wildman–Crippen LogP) is 6.47. The molecule has 3 aromatic rings. The van der Waals surface area contributed by atoms with Gasteiger partial charge in [-0.2, -0.15) is 13.2 Å². The van der Waals surface area contributed by atoms with Crippen molar-refractivity contribution in [1.29, 1.82) is 0 Å². The van der Waals surface area contributed by atoms with E-state index >= 15 is 0 Å². The first-order valence-electron chi connectivity index (χ1n) is 11.7. The molecule has 1 aliphatic rings. The van der Waals surface area contributed by atoms with Gasteiger partial charge in [0.15, 0.2) is 0 Å². The van der Waals surface area contributed by atoms with Gasteiger partial charge in [0.1, 0.15) is 11.4 Å². The average molecular weight is 534 g/mol. The molecule has 2 aromatic carbocycles. The van der Waals surface area contributed by atoms with Crippen molar-refractivity contribution >= 4 is 29.1 Å². The average Bonchev–Trinajstić information content (AvgIpc) is 3.39. The first-order chi connectivity index (χ1) is 17.6. The number of hydrogen-bond acceptors (Lipinski definition) is 3. The molecule has 194 valence electrons. The first-order valence-corrected chi connectivity index (χ1v) is 12.1. The highest BCUT2D eigenvalue weighted by molar-refractivity contribution is 6.30. The second-order valence-corrected chi connectivity index (χ2v) is 9.49. The molecule has 5 nitrogen and oxygen atoms in total. The molecule has 0 aliphatic heterocycles. The minimum atomic E-state index is -4.86. The van der Waals surface area contributed by atoms with E-state index in [1.54, 1.807) is 30.3 Å². The van der Waals surface area contributed by atoms with Crippen molar-refractivity contribution < 1.29 is 27.2 Å². The van der Waals surface area contributed by atoms with Crippen LogP contribution in [0.25, 0.3) is 0 Å². The van der Waals surface area contributed by atoms with Gasteiger partial charge in [0.05, 0.1) is 22.7 Å². The van der Waals surface area contributed by atoms with Crippen LogP contribution in [-0.4, -0.2) is 16.8 Å². The summed E-state index contributed by atoms with van der Waals surface area (Å²) in [6.07, 6.45) is -1.29. The molecule has 0 bridgehead atoms. The molecule has 0 spiro atoms. The molecule has 1 atom stereocenters. The number of hydrogen-bond donors (Lipinski definition) is 2. The Morgan fingerprint density at radius 2 is 1.65 bits per heavy atom. The molecule has 2 amide bonds. The summed E-state index contributed by atoms with van der Waals surface area (Å²) in [5, 5.41) is 5.74. The molecule has 1 saturated carbocycles. The number of halogens is 5. The number of nitrogens with zero attached hydrogens (tertiary/aromatic N) is 1. The molecule has 1 aromatic heterocycles. The molecule has 0 saturated heterocycles. The van der Waals surface area contributed by atoms with Crippen molar-refractivity contribution in [2.45, 2.75) is 43.8 Å². The fraction of sp³-hybridized carbons (Fsp3) is 0.296. The molecule has 1 aliphatic carbocycles. The number of carbonyl (C=O) groups excluding carboxylic acids is 2. The highest BCUT2D eigenvalue weighted by Gasteiger charge is 2.43. The number of para-hydroxylation sites is 1. The Hall–Kier alpha value is -3.46. The van der Waals surface area contributed by atoms with Gasteiger partial charge in [-0.25, -0.2) is 4.39 Å². The summed E-state index contributed by atoms with van der Waals surface area (Å²) in [5.74, 6) is -2.62. The van der Waals surface area contributed by atoms with Crippen molar-refractivity contribution in [3.63, 3.8) is 0 Å². The Labute approximate surface area is 216 Å². The van der Waals surface area contributed by atoms with Crippen LogP contribution in [0.5, 0.6) is 0 Å². The van der Waals surface area contributed by atoms with Crippen molar-refractivity contribution in [3.8, 4) is 0 Å². The van der Waals surface area contributed by atoms with E-state index in [1.165, 1.54) is 18.3 Å². The third kappa shape index (κ3) is 6.28. The van der Waals surface area contributed by atoms with Gasteiger partial charge in [-0.1, -0.05) is 42.6 Å². The van der Waals surface area contributed by atoms with E-state index in [4.69, 9.17) is 11.6 Å². The van der Waals surface area contributed by atoms with Gasteiger partial charge >= 0.3 is 6.18 Å². The standard InChI is InChI=1S/C27H24ClF4N3O2/c28-20-10-11-23(33-16-20)26(35-25(37)17-6-4-5-7-17,15-24(36)34-22-8-2-1-3-9-22)18-12-19(27(30,31)32)14-21(29)13-18/h1-3,8-14,16-17H,4-7,15H2,(H,34,36)(H,35,37)/t26-/m1/s1. The Bertz CT molecular complexity index is 1260. The number of alkyl halides is 3. The summed E-state index contributed by atoms with van der Waals surface area (Å²) < 4.78 is 55.7. The Morgan fingerprint density at radius 1 is 0.973 bits per heavy atom. The van der Waals surface area contributed by atoms with Crippen LogP contribution < -0.4 is 10.6 Å². The van der Waals surface area contributed by atoms with Crippen LogP contribution in [0.3, 0.4) is 0 Å². The number of carbonyl (C=O) groups is 2. The van der Waals surface area contributed by atoms with E-state index in [0.717, 1.165) is 25.0 Å². The van der Waals surface area contributed by atoms with Crippen LogP contribution in [-0.2, 0) is 21.3 Å². The second-order valence-electron chi connectivity index (χ2n) is 9.05. The predicted molar refractivity (Wildman–Crippen MR) is 131 cm³/mol. The van der Waals surface area contributed by atoms with Gasteiger partial charge in [-0.3, -0.25) is 14.6 Å². The van der Waals surface area contributed by atoms with E-state index in [9.17, 15) is 27.2 Å². The smallest absolute Gasteiger partial charge is 0.340 e. The largest absolute Gasteiger partial charge is 0.416 e. The molecular weight excluding hydrogens is 510 g/mol. The number of nitrogens with one attached hydrogen (secondary N) is 2. The van der Waals surface area contributed by atoms with Gasteiger partial charge in [-0.15, -0.1) is 0 Å². The number of rotatable bonds is 7. The Morgan fingerprint density at radius 3 is 2.27 bits per heavy atom. The topological polar surface area (TPSA) is 71.1 Å².